The van der Waals surface area contributed by atoms with Gasteiger partial charge in [-0.3, -0.25) is 9.36 Å². The molecule has 0 saturated carbocycles. The number of nitrogens with one attached hydrogen (secondary N) is 1. The Kier molecular flexibility index (Phi) is 7.26. The number of para-hydroxylation sites is 1. The van der Waals surface area contributed by atoms with Crippen molar-refractivity contribution in [1.29, 1.82) is 0 Å². The van der Waals surface area contributed by atoms with Crippen LogP contribution in [-0.4, -0.2) is 36.3 Å². The van der Waals surface area contributed by atoms with Gasteiger partial charge in [0.15, 0.2) is 4.80 Å². The number of H-pyrrole nitrogens is 1. The number of rotatable bonds is 7. The van der Waals surface area contributed by atoms with Crippen molar-refractivity contribution in [2.45, 2.75) is 19.9 Å². The highest BCUT2D eigenvalue weighted by Crippen LogP contribution is 2.38. The molecule has 3 aromatic carbocycles. The van der Waals surface area contributed by atoms with E-state index >= 15 is 0 Å². The molecule has 0 aliphatic carbocycles. The van der Waals surface area contributed by atoms with E-state index in [2.05, 4.69) is 4.98 Å². The first-order chi connectivity index (χ1) is 20.4. The molecule has 0 bridgehead atoms. The highest BCUT2D eigenvalue weighted by Gasteiger charge is 2.35. The molecule has 3 heterocycles. The molecule has 0 fully saturated rings. The van der Waals surface area contributed by atoms with Gasteiger partial charge in [-0.1, -0.05) is 59.9 Å². The van der Waals surface area contributed by atoms with Crippen LogP contribution in [0.3, 0.4) is 0 Å². The average Bonchev–Trinajstić information content (AvgIpc) is 3.53. The predicted molar refractivity (Wildman–Crippen MR) is 164 cm³/mol. The summed E-state index contributed by atoms with van der Waals surface area (Å²) in [5, 5.41) is 0.997. The van der Waals surface area contributed by atoms with Crippen LogP contribution in [0.2, 0.25) is 0 Å². The fourth-order valence-corrected chi connectivity index (χ4v) is 6.44. The second-order valence-corrected chi connectivity index (χ2v) is 10.7. The predicted octanol–water partition coefficient (Wildman–Crippen LogP) is 4.96. The molecule has 0 amide bonds. The summed E-state index contributed by atoms with van der Waals surface area (Å²) in [5.74, 6) is 0.540. The molecule has 1 atom stereocenters. The smallest absolute Gasteiger partial charge is 0.338 e. The Morgan fingerprint density at radius 2 is 1.81 bits per heavy atom. The van der Waals surface area contributed by atoms with E-state index in [1.807, 2.05) is 60.7 Å². The van der Waals surface area contributed by atoms with Crippen molar-refractivity contribution in [3.8, 4) is 22.8 Å². The van der Waals surface area contributed by atoms with Crippen molar-refractivity contribution in [2.75, 3.05) is 20.8 Å². The lowest BCUT2D eigenvalue weighted by Crippen LogP contribution is -2.40. The molecule has 8 nitrogen and oxygen atoms in total. The number of aromatic nitrogens is 2. The van der Waals surface area contributed by atoms with Gasteiger partial charge in [-0.25, -0.2) is 9.79 Å². The van der Waals surface area contributed by atoms with E-state index in [0.717, 1.165) is 27.7 Å². The molecular formula is C33H29N3O5S. The molecule has 9 heteroatoms. The molecule has 212 valence electrons. The topological polar surface area (TPSA) is 94.9 Å². The van der Waals surface area contributed by atoms with E-state index in [9.17, 15) is 9.59 Å². The lowest BCUT2D eigenvalue weighted by atomic mass is 9.94. The molecule has 5 aromatic rings. The van der Waals surface area contributed by atoms with Gasteiger partial charge in [0.2, 0.25) is 0 Å². The van der Waals surface area contributed by atoms with E-state index in [4.69, 9.17) is 19.2 Å². The highest BCUT2D eigenvalue weighted by molar-refractivity contribution is 7.07. The fraction of sp³-hybridized carbons (Fsp3) is 0.182. The summed E-state index contributed by atoms with van der Waals surface area (Å²) in [5.41, 5.74) is 4.87. The molecule has 1 aliphatic heterocycles. The van der Waals surface area contributed by atoms with Crippen molar-refractivity contribution >= 4 is 34.3 Å². The van der Waals surface area contributed by atoms with Gasteiger partial charge in [-0.15, -0.1) is 0 Å². The fourth-order valence-electron chi connectivity index (χ4n) is 5.42. The standard InChI is InChI=1S/C33H29N3O5S/c1-5-41-32(38)28-19(2)34-33-36(30(28)24-17-21(39-3)15-16-26(24)40-4)31(37)27(42-33)18-23-22-13-9-10-14-25(22)35-29(23)20-11-7-6-8-12-20/h6-18,30,35H,5H2,1-4H3/b27-18+. The van der Waals surface area contributed by atoms with Crippen molar-refractivity contribution in [1.82, 2.24) is 9.55 Å². The van der Waals surface area contributed by atoms with E-state index in [1.54, 1.807) is 50.8 Å². The number of allylic oxidation sites excluding steroid dienone is 1. The Labute approximate surface area is 245 Å². The van der Waals surface area contributed by atoms with Crippen LogP contribution in [0.5, 0.6) is 11.5 Å². The van der Waals surface area contributed by atoms with Gasteiger partial charge in [0.05, 0.1) is 42.3 Å². The summed E-state index contributed by atoms with van der Waals surface area (Å²) in [7, 11) is 3.12. The van der Waals surface area contributed by atoms with Crippen LogP contribution in [0, 0.1) is 0 Å². The van der Waals surface area contributed by atoms with Crippen LogP contribution in [-0.2, 0) is 9.53 Å². The van der Waals surface area contributed by atoms with Crippen LogP contribution in [0.15, 0.2) is 93.9 Å². The van der Waals surface area contributed by atoms with Crippen LogP contribution >= 0.6 is 11.3 Å². The third kappa shape index (κ3) is 4.61. The first kappa shape index (κ1) is 27.3. The second kappa shape index (κ2) is 11.2. The number of hydrogen-bond donors (Lipinski definition) is 1. The van der Waals surface area contributed by atoms with Gasteiger partial charge in [0, 0.05) is 22.0 Å². The first-order valence-corrected chi connectivity index (χ1v) is 14.3. The van der Waals surface area contributed by atoms with Crippen LogP contribution in [0.4, 0.5) is 0 Å². The number of benzene rings is 3. The minimum atomic E-state index is -0.830. The maximum Gasteiger partial charge on any atom is 0.338 e. The molecule has 1 N–H and O–H groups in total. The normalized spacial score (nSPS) is 15.0. The van der Waals surface area contributed by atoms with Gasteiger partial charge in [-0.2, -0.15) is 0 Å². The zero-order chi connectivity index (χ0) is 29.4. The molecule has 0 spiro atoms. The lowest BCUT2D eigenvalue weighted by Gasteiger charge is -2.26. The molecule has 6 rings (SSSR count). The summed E-state index contributed by atoms with van der Waals surface area (Å²) in [4.78, 5) is 36.4. The number of fused-ring (bicyclic) bond motifs is 2. The number of esters is 1. The molecule has 42 heavy (non-hydrogen) atoms. The first-order valence-electron chi connectivity index (χ1n) is 13.5. The summed E-state index contributed by atoms with van der Waals surface area (Å²) in [6, 6.07) is 22.5. The largest absolute Gasteiger partial charge is 0.497 e. The van der Waals surface area contributed by atoms with Crippen LogP contribution in [0.25, 0.3) is 28.2 Å². The number of thiazole rings is 1. The van der Waals surface area contributed by atoms with Crippen LogP contribution in [0.1, 0.15) is 31.0 Å². The van der Waals surface area contributed by atoms with E-state index < -0.39 is 12.0 Å². The van der Waals surface area contributed by atoms with Crippen molar-refractivity contribution in [3.05, 3.63) is 115 Å². The maximum atomic E-state index is 14.3. The van der Waals surface area contributed by atoms with Crippen molar-refractivity contribution in [3.63, 3.8) is 0 Å². The number of ether oxygens (including phenoxy) is 3. The number of nitrogens with zero attached hydrogens (tertiary/aromatic N) is 2. The van der Waals surface area contributed by atoms with Crippen LogP contribution < -0.4 is 24.4 Å². The molecule has 0 saturated heterocycles. The van der Waals surface area contributed by atoms with Gasteiger partial charge in [-0.05, 0) is 49.8 Å². The zero-order valence-electron chi connectivity index (χ0n) is 23.6. The van der Waals surface area contributed by atoms with Gasteiger partial charge >= 0.3 is 5.97 Å². The van der Waals surface area contributed by atoms with Crippen molar-refractivity contribution < 1.29 is 19.0 Å². The number of methoxy groups -OCH3 is 2. The van der Waals surface area contributed by atoms with E-state index in [1.165, 1.54) is 11.3 Å². The quantitative estimate of drug-likeness (QED) is 0.275. The third-order valence-electron chi connectivity index (χ3n) is 7.33. The monoisotopic (exact) mass is 579 g/mol. The molecule has 2 aromatic heterocycles. The number of hydrogen-bond acceptors (Lipinski definition) is 7. The third-order valence-corrected chi connectivity index (χ3v) is 8.32. The average molecular weight is 580 g/mol. The van der Waals surface area contributed by atoms with Crippen molar-refractivity contribution in [2.24, 2.45) is 4.99 Å². The van der Waals surface area contributed by atoms with E-state index in [0.29, 0.717) is 32.1 Å². The maximum absolute atomic E-state index is 14.3. The van der Waals surface area contributed by atoms with Gasteiger partial charge in [0.1, 0.15) is 17.5 Å². The molecule has 1 unspecified atom stereocenters. The zero-order valence-corrected chi connectivity index (χ0v) is 24.5. The number of carbonyl (C=O) groups excluding carboxylic acids is 1. The minimum Gasteiger partial charge on any atom is -0.497 e. The molecule has 1 aliphatic rings. The summed E-state index contributed by atoms with van der Waals surface area (Å²) in [6.45, 7) is 3.69. The van der Waals surface area contributed by atoms with Gasteiger partial charge in [0.25, 0.3) is 5.56 Å². The second-order valence-electron chi connectivity index (χ2n) is 9.74. The Morgan fingerprint density at radius 1 is 1.05 bits per heavy atom. The SMILES string of the molecule is CCOC(=O)C1=C(C)N=c2s/c(=C/c3c(-c4ccccc4)[nH]c4ccccc34)c(=O)n2C1c1cc(OC)ccc1OC. The molecular weight excluding hydrogens is 550 g/mol. The lowest BCUT2D eigenvalue weighted by molar-refractivity contribution is -0.139. The van der Waals surface area contributed by atoms with E-state index in [-0.39, 0.29) is 17.7 Å². The number of carbonyl (C=O) groups is 1. The molecule has 0 radical (unpaired) electrons. The Balaban J connectivity index is 1.64. The Morgan fingerprint density at radius 3 is 2.55 bits per heavy atom. The summed E-state index contributed by atoms with van der Waals surface area (Å²) >= 11 is 1.28. The van der Waals surface area contributed by atoms with Gasteiger partial charge < -0.3 is 19.2 Å². The minimum absolute atomic E-state index is 0.185. The Hall–Kier alpha value is -4.89. The summed E-state index contributed by atoms with van der Waals surface area (Å²) < 4.78 is 18.7. The Bertz CT molecular complexity index is 2040. The number of aromatic amines is 1. The summed E-state index contributed by atoms with van der Waals surface area (Å²) in [6.07, 6.45) is 1.91. The highest BCUT2D eigenvalue weighted by atomic mass is 32.1.